The van der Waals surface area contributed by atoms with E-state index in [4.69, 9.17) is 0 Å². The number of hydrogen-bond acceptors (Lipinski definition) is 1. The molecule has 1 aromatic rings. The number of ketones is 1. The molecule has 63 valence electrons. The third-order valence-electron chi connectivity index (χ3n) is 1.79. The van der Waals surface area contributed by atoms with E-state index in [2.05, 4.69) is 6.92 Å². The highest BCUT2D eigenvalue weighted by molar-refractivity contribution is 5.97. The van der Waals surface area contributed by atoms with Gasteiger partial charge in [-0.1, -0.05) is 31.2 Å². The Kier molecular flexibility index (Phi) is 3.03. The van der Waals surface area contributed by atoms with Gasteiger partial charge < -0.3 is 0 Å². The first-order valence-electron chi connectivity index (χ1n) is 4.20. The zero-order chi connectivity index (χ0) is 8.97. The van der Waals surface area contributed by atoms with Crippen LogP contribution in [0.3, 0.4) is 0 Å². The third-order valence-corrected chi connectivity index (χ3v) is 1.79. The van der Waals surface area contributed by atoms with Crippen LogP contribution < -0.4 is 0 Å². The van der Waals surface area contributed by atoms with E-state index in [0.717, 1.165) is 17.5 Å². The van der Waals surface area contributed by atoms with Crippen LogP contribution in [-0.2, 0) is 0 Å². The number of rotatable bonds is 3. The lowest BCUT2D eigenvalue weighted by atomic mass is 10.0. The number of carbonyl (C=O) groups excluding carboxylic acids is 1. The zero-order valence-electron chi connectivity index (χ0n) is 7.34. The van der Waals surface area contributed by atoms with Crippen LogP contribution in [-0.4, -0.2) is 5.78 Å². The van der Waals surface area contributed by atoms with Crippen molar-refractivity contribution >= 4 is 5.78 Å². The van der Waals surface area contributed by atoms with Crippen LogP contribution in [0.2, 0.25) is 0 Å². The molecule has 0 heterocycles. The van der Waals surface area contributed by atoms with Crippen molar-refractivity contribution < 1.29 is 4.79 Å². The van der Waals surface area contributed by atoms with Crippen LogP contribution in [0.5, 0.6) is 0 Å². The Balaban J connectivity index is 2.87. The van der Waals surface area contributed by atoms with Gasteiger partial charge in [0.25, 0.3) is 0 Å². The number of Topliss-reactive ketones (excluding diaryl/α,β-unsaturated/α-hetero) is 1. The molecule has 0 bridgehead atoms. The fourth-order valence-corrected chi connectivity index (χ4v) is 1.15. The maximum Gasteiger partial charge on any atom is 0.163 e. The third kappa shape index (κ3) is 1.94. The van der Waals surface area contributed by atoms with Crippen molar-refractivity contribution in [1.82, 2.24) is 0 Å². The molecule has 0 atom stereocenters. The predicted molar refractivity (Wildman–Crippen MR) is 50.1 cm³/mol. The minimum Gasteiger partial charge on any atom is -0.294 e. The Hall–Kier alpha value is -1.11. The summed E-state index contributed by atoms with van der Waals surface area (Å²) in [4.78, 5) is 11.4. The Morgan fingerprint density at radius 2 is 2.08 bits per heavy atom. The zero-order valence-corrected chi connectivity index (χ0v) is 7.34. The Morgan fingerprint density at radius 3 is 2.67 bits per heavy atom. The van der Waals surface area contributed by atoms with Gasteiger partial charge in [0.2, 0.25) is 0 Å². The van der Waals surface area contributed by atoms with Crippen molar-refractivity contribution in [3.05, 3.63) is 42.3 Å². The molecule has 0 saturated heterocycles. The van der Waals surface area contributed by atoms with Crippen molar-refractivity contribution in [2.45, 2.75) is 19.8 Å². The second kappa shape index (κ2) is 4.05. The smallest absolute Gasteiger partial charge is 0.163 e. The Bertz CT molecular complexity index is 276. The second-order valence-electron chi connectivity index (χ2n) is 2.83. The van der Waals surface area contributed by atoms with Gasteiger partial charge in [0.1, 0.15) is 0 Å². The summed E-state index contributed by atoms with van der Waals surface area (Å²) >= 11 is 0. The summed E-state index contributed by atoms with van der Waals surface area (Å²) in [5.41, 5.74) is 1.59. The van der Waals surface area contributed by atoms with Gasteiger partial charge in [-0.25, -0.2) is 0 Å². The molecule has 0 spiro atoms. The van der Waals surface area contributed by atoms with Gasteiger partial charge in [-0.2, -0.15) is 0 Å². The molecule has 12 heavy (non-hydrogen) atoms. The minimum absolute atomic E-state index is 0.197. The lowest BCUT2D eigenvalue weighted by Gasteiger charge is -2.01. The van der Waals surface area contributed by atoms with E-state index in [1.165, 1.54) is 0 Å². The van der Waals surface area contributed by atoms with E-state index in [1.54, 1.807) is 0 Å². The van der Waals surface area contributed by atoms with Crippen molar-refractivity contribution in [2.75, 3.05) is 0 Å². The average Bonchev–Trinajstić information content (AvgIpc) is 2.05. The fraction of sp³-hybridized carbons (Fsp3) is 0.273. The standard InChI is InChI=1S/C11H13O/c1-3-6-11(12)10-8-5-4-7-9(10)2/h4-5,7-8H,2-3,6H2,1H3. The van der Waals surface area contributed by atoms with Crippen LogP contribution in [0, 0.1) is 6.92 Å². The molecular formula is C11H13O. The highest BCUT2D eigenvalue weighted by Crippen LogP contribution is 2.10. The molecule has 1 radical (unpaired) electrons. The summed E-state index contributed by atoms with van der Waals surface area (Å²) in [5.74, 6) is 0.197. The maximum atomic E-state index is 11.4. The number of hydrogen-bond donors (Lipinski definition) is 0. The van der Waals surface area contributed by atoms with E-state index in [0.29, 0.717) is 6.42 Å². The van der Waals surface area contributed by atoms with Gasteiger partial charge in [-0.15, -0.1) is 0 Å². The van der Waals surface area contributed by atoms with Crippen molar-refractivity contribution in [2.24, 2.45) is 0 Å². The molecule has 0 aliphatic carbocycles. The molecule has 0 aromatic heterocycles. The molecule has 0 amide bonds. The molecule has 0 aliphatic heterocycles. The largest absolute Gasteiger partial charge is 0.294 e. The van der Waals surface area contributed by atoms with Gasteiger partial charge in [0, 0.05) is 12.0 Å². The molecule has 0 unspecified atom stereocenters. The molecule has 1 nitrogen and oxygen atoms in total. The molecule has 1 rings (SSSR count). The summed E-state index contributed by atoms with van der Waals surface area (Å²) < 4.78 is 0. The number of carbonyl (C=O) groups is 1. The fourth-order valence-electron chi connectivity index (χ4n) is 1.15. The maximum absolute atomic E-state index is 11.4. The minimum atomic E-state index is 0.197. The van der Waals surface area contributed by atoms with Crippen LogP contribution >= 0.6 is 0 Å². The van der Waals surface area contributed by atoms with Gasteiger partial charge in [-0.05, 0) is 18.9 Å². The highest BCUT2D eigenvalue weighted by Gasteiger charge is 2.05. The van der Waals surface area contributed by atoms with E-state index in [-0.39, 0.29) is 5.78 Å². The summed E-state index contributed by atoms with van der Waals surface area (Å²) in [5, 5.41) is 0. The second-order valence-corrected chi connectivity index (χ2v) is 2.83. The first kappa shape index (κ1) is 8.98. The van der Waals surface area contributed by atoms with E-state index in [1.807, 2.05) is 31.2 Å². The van der Waals surface area contributed by atoms with Crippen molar-refractivity contribution in [3.8, 4) is 0 Å². The topological polar surface area (TPSA) is 17.1 Å². The lowest BCUT2D eigenvalue weighted by molar-refractivity contribution is 0.0981. The normalized spacial score (nSPS) is 9.83. The van der Waals surface area contributed by atoms with Gasteiger partial charge in [0.05, 0.1) is 0 Å². The van der Waals surface area contributed by atoms with Gasteiger partial charge in [-0.3, -0.25) is 4.79 Å². The SMILES string of the molecule is [CH2]c1ccccc1C(=O)CCC. The van der Waals surface area contributed by atoms with Crippen LogP contribution in [0.4, 0.5) is 0 Å². The van der Waals surface area contributed by atoms with Crippen molar-refractivity contribution in [3.63, 3.8) is 0 Å². The van der Waals surface area contributed by atoms with E-state index in [9.17, 15) is 4.79 Å². The molecule has 1 aromatic carbocycles. The number of benzene rings is 1. The summed E-state index contributed by atoms with van der Waals surface area (Å²) in [6.45, 7) is 5.81. The quantitative estimate of drug-likeness (QED) is 0.623. The first-order valence-corrected chi connectivity index (χ1v) is 4.20. The lowest BCUT2D eigenvalue weighted by Crippen LogP contribution is -2.00. The molecule has 1 heteroatoms. The highest BCUT2D eigenvalue weighted by atomic mass is 16.1. The molecular weight excluding hydrogens is 148 g/mol. The molecule has 0 fully saturated rings. The van der Waals surface area contributed by atoms with Gasteiger partial charge in [0.15, 0.2) is 5.78 Å². The van der Waals surface area contributed by atoms with Crippen LogP contribution in [0.15, 0.2) is 24.3 Å². The monoisotopic (exact) mass is 161 g/mol. The molecule has 0 saturated carbocycles. The summed E-state index contributed by atoms with van der Waals surface area (Å²) in [6, 6.07) is 7.46. The van der Waals surface area contributed by atoms with E-state index < -0.39 is 0 Å². The predicted octanol–water partition coefficient (Wildman–Crippen LogP) is 2.85. The van der Waals surface area contributed by atoms with E-state index >= 15 is 0 Å². The first-order chi connectivity index (χ1) is 5.75. The van der Waals surface area contributed by atoms with Crippen LogP contribution in [0.25, 0.3) is 0 Å². The molecule has 0 N–H and O–H groups in total. The molecule has 0 aliphatic rings. The summed E-state index contributed by atoms with van der Waals surface area (Å²) in [7, 11) is 0. The average molecular weight is 161 g/mol. The summed E-state index contributed by atoms with van der Waals surface area (Å²) in [6.07, 6.45) is 1.51. The van der Waals surface area contributed by atoms with Crippen LogP contribution in [0.1, 0.15) is 35.7 Å². The Morgan fingerprint density at radius 1 is 1.42 bits per heavy atom. The Labute approximate surface area is 73.4 Å². The van der Waals surface area contributed by atoms with Gasteiger partial charge >= 0.3 is 0 Å². The van der Waals surface area contributed by atoms with Crippen molar-refractivity contribution in [1.29, 1.82) is 0 Å².